The number of amides is 1. The highest BCUT2D eigenvalue weighted by molar-refractivity contribution is 7.93. The van der Waals surface area contributed by atoms with Crippen LogP contribution < -0.4 is 5.32 Å². The van der Waals surface area contributed by atoms with Crippen LogP contribution in [0.5, 0.6) is 0 Å². The lowest BCUT2D eigenvalue weighted by molar-refractivity contribution is -0.123. The second-order valence-corrected chi connectivity index (χ2v) is 8.25. The van der Waals surface area contributed by atoms with Crippen LogP contribution in [0.3, 0.4) is 0 Å². The van der Waals surface area contributed by atoms with Crippen LogP contribution in [0, 0.1) is 0 Å². The predicted octanol–water partition coefficient (Wildman–Crippen LogP) is 3.23. The van der Waals surface area contributed by atoms with E-state index in [0.717, 1.165) is 32.1 Å². The molecule has 124 valence electrons. The van der Waals surface area contributed by atoms with E-state index in [4.69, 9.17) is 0 Å². The number of carbonyl (C=O) groups is 1. The normalized spacial score (nSPS) is 14.4. The third kappa shape index (κ3) is 6.20. The van der Waals surface area contributed by atoms with Gasteiger partial charge in [-0.15, -0.1) is 6.58 Å². The van der Waals surface area contributed by atoms with Crippen molar-refractivity contribution in [2.24, 2.45) is 0 Å². The van der Waals surface area contributed by atoms with Crippen LogP contribution in [0.2, 0.25) is 0 Å². The largest absolute Gasteiger partial charge is 0.355 e. The van der Waals surface area contributed by atoms with E-state index in [-0.39, 0.29) is 12.2 Å². The molecule has 0 radical (unpaired) electrons. The quantitative estimate of drug-likeness (QED) is 0.444. The first-order valence-electron chi connectivity index (χ1n) is 7.97. The average Bonchev–Trinajstić information content (AvgIpc) is 2.43. The van der Waals surface area contributed by atoms with E-state index in [1.165, 1.54) is 13.0 Å². The number of nitrogens with one attached hydrogen (secondary N) is 1. The van der Waals surface area contributed by atoms with Gasteiger partial charge in [0.15, 0.2) is 14.6 Å². The van der Waals surface area contributed by atoms with Crippen LogP contribution >= 0.6 is 0 Å². The first-order valence-corrected chi connectivity index (χ1v) is 9.62. The monoisotopic (exact) mass is 317 g/mol. The van der Waals surface area contributed by atoms with E-state index in [1.807, 2.05) is 6.92 Å². The Labute approximate surface area is 130 Å². The smallest absolute Gasteiger partial charge is 0.241 e. The van der Waals surface area contributed by atoms with E-state index in [0.29, 0.717) is 13.0 Å². The Bertz CT molecular complexity index is 417. The zero-order chi connectivity index (χ0) is 16.4. The van der Waals surface area contributed by atoms with Gasteiger partial charge in [0.2, 0.25) is 5.91 Å². The van der Waals surface area contributed by atoms with Gasteiger partial charge in [0.25, 0.3) is 0 Å². The molecule has 21 heavy (non-hydrogen) atoms. The topological polar surface area (TPSA) is 63.2 Å². The molecule has 1 unspecified atom stereocenters. The molecule has 0 aliphatic heterocycles. The fourth-order valence-corrected chi connectivity index (χ4v) is 3.93. The fourth-order valence-electron chi connectivity index (χ4n) is 2.17. The molecule has 1 N–H and O–H groups in total. The summed E-state index contributed by atoms with van der Waals surface area (Å²) in [6.07, 6.45) is 7.07. The predicted molar refractivity (Wildman–Crippen MR) is 89.1 cm³/mol. The Balaban J connectivity index is 4.87. The fraction of sp³-hybridized carbons (Fsp3) is 0.812. The first kappa shape index (κ1) is 20.2. The molecule has 1 amide bonds. The number of hydrogen-bond acceptors (Lipinski definition) is 3. The lowest BCUT2D eigenvalue weighted by atomic mass is 10.1. The van der Waals surface area contributed by atoms with E-state index in [1.54, 1.807) is 0 Å². The number of sulfone groups is 1. The van der Waals surface area contributed by atoms with Crippen LogP contribution in [0.25, 0.3) is 0 Å². The van der Waals surface area contributed by atoms with Crippen molar-refractivity contribution in [1.29, 1.82) is 0 Å². The van der Waals surface area contributed by atoms with Gasteiger partial charge in [-0.05, 0) is 26.2 Å². The van der Waals surface area contributed by atoms with Crippen LogP contribution in [0.1, 0.15) is 65.7 Å². The second kappa shape index (κ2) is 9.98. The van der Waals surface area contributed by atoms with E-state index in [9.17, 15) is 13.2 Å². The van der Waals surface area contributed by atoms with Crippen LogP contribution in [0.15, 0.2) is 12.7 Å². The summed E-state index contributed by atoms with van der Waals surface area (Å²) in [5.74, 6) is -0.330. The Kier molecular flexibility index (Phi) is 9.58. The van der Waals surface area contributed by atoms with Gasteiger partial charge in [0.1, 0.15) is 0 Å². The van der Waals surface area contributed by atoms with E-state index >= 15 is 0 Å². The maximum Gasteiger partial charge on any atom is 0.241 e. The minimum absolute atomic E-state index is 0.0631. The van der Waals surface area contributed by atoms with Crippen molar-refractivity contribution in [2.75, 3.05) is 12.3 Å². The standard InChI is InChI=1S/C16H31NO3S/c1-5-8-10-13-17-15(18)16(4,12-7-3)21(19,20)14-11-9-6-2/h7H,3,5-6,8-14H2,1-2,4H3,(H,17,18). The number of allylic oxidation sites excluding steroid dienone is 1. The van der Waals surface area contributed by atoms with Crippen molar-refractivity contribution in [3.8, 4) is 0 Å². The molecule has 4 nitrogen and oxygen atoms in total. The summed E-state index contributed by atoms with van der Waals surface area (Å²) in [5, 5.41) is 2.77. The van der Waals surface area contributed by atoms with Crippen LogP contribution in [-0.4, -0.2) is 31.4 Å². The zero-order valence-electron chi connectivity index (χ0n) is 13.8. The molecule has 1 atom stereocenters. The Morgan fingerprint density at radius 1 is 1.14 bits per heavy atom. The highest BCUT2D eigenvalue weighted by Crippen LogP contribution is 2.24. The number of carbonyl (C=O) groups excluding carboxylic acids is 1. The van der Waals surface area contributed by atoms with E-state index < -0.39 is 20.5 Å². The molecule has 0 fully saturated rings. The van der Waals surface area contributed by atoms with Crippen molar-refractivity contribution in [3.63, 3.8) is 0 Å². The van der Waals surface area contributed by atoms with Crippen LogP contribution in [0.4, 0.5) is 0 Å². The Hall–Kier alpha value is -0.840. The third-order valence-electron chi connectivity index (χ3n) is 3.78. The summed E-state index contributed by atoms with van der Waals surface area (Å²) >= 11 is 0. The molecule has 0 saturated carbocycles. The van der Waals surface area contributed by atoms with Crippen molar-refractivity contribution < 1.29 is 13.2 Å². The second-order valence-electron chi connectivity index (χ2n) is 5.71. The van der Waals surface area contributed by atoms with Crippen molar-refractivity contribution >= 4 is 15.7 Å². The molecule has 0 saturated heterocycles. The van der Waals surface area contributed by atoms with Gasteiger partial charge in [-0.3, -0.25) is 4.79 Å². The molecule has 0 spiro atoms. The lowest BCUT2D eigenvalue weighted by Gasteiger charge is -2.27. The summed E-state index contributed by atoms with van der Waals surface area (Å²) in [4.78, 5) is 12.4. The number of hydrogen-bond donors (Lipinski definition) is 1. The van der Waals surface area contributed by atoms with Gasteiger partial charge in [0, 0.05) is 6.54 Å². The highest BCUT2D eigenvalue weighted by Gasteiger charge is 2.44. The van der Waals surface area contributed by atoms with E-state index in [2.05, 4.69) is 18.8 Å². The minimum atomic E-state index is -3.48. The summed E-state index contributed by atoms with van der Waals surface area (Å²) in [7, 11) is -3.48. The Morgan fingerprint density at radius 2 is 1.71 bits per heavy atom. The molecule has 0 aromatic carbocycles. The summed E-state index contributed by atoms with van der Waals surface area (Å²) < 4.78 is 23.7. The van der Waals surface area contributed by atoms with Gasteiger partial charge in [-0.1, -0.05) is 45.6 Å². The summed E-state index contributed by atoms with van der Waals surface area (Å²) in [6.45, 7) is 9.76. The van der Waals surface area contributed by atoms with Gasteiger partial charge in [0.05, 0.1) is 5.75 Å². The zero-order valence-corrected chi connectivity index (χ0v) is 14.6. The molecule has 0 rings (SSSR count). The van der Waals surface area contributed by atoms with Gasteiger partial charge < -0.3 is 5.32 Å². The third-order valence-corrected chi connectivity index (χ3v) is 6.33. The van der Waals surface area contributed by atoms with Gasteiger partial charge in [-0.2, -0.15) is 0 Å². The molecule has 0 aliphatic rings. The maximum atomic E-state index is 12.5. The average molecular weight is 317 g/mol. The van der Waals surface area contributed by atoms with Crippen LogP contribution in [-0.2, 0) is 14.6 Å². The molecule has 0 aromatic heterocycles. The SMILES string of the molecule is C=CCC(C)(C(=O)NCCCCC)S(=O)(=O)CCCCC. The van der Waals surface area contributed by atoms with Gasteiger partial charge >= 0.3 is 0 Å². The molecule has 0 heterocycles. The first-order chi connectivity index (χ1) is 9.85. The molecule has 0 aromatic rings. The summed E-state index contributed by atoms with van der Waals surface area (Å²) in [6, 6.07) is 0. The Morgan fingerprint density at radius 3 is 2.24 bits per heavy atom. The van der Waals surface area contributed by atoms with Gasteiger partial charge in [-0.25, -0.2) is 8.42 Å². The minimum Gasteiger partial charge on any atom is -0.355 e. The molecular formula is C16H31NO3S. The molecule has 0 aliphatic carbocycles. The maximum absolute atomic E-state index is 12.5. The summed E-state index contributed by atoms with van der Waals surface area (Å²) in [5.41, 5.74) is 0. The molecule has 0 bridgehead atoms. The highest BCUT2D eigenvalue weighted by atomic mass is 32.2. The molecular weight excluding hydrogens is 286 g/mol. The van der Waals surface area contributed by atoms with Crippen molar-refractivity contribution in [3.05, 3.63) is 12.7 Å². The lowest BCUT2D eigenvalue weighted by Crippen LogP contribution is -2.51. The van der Waals surface area contributed by atoms with Crippen molar-refractivity contribution in [1.82, 2.24) is 5.32 Å². The number of rotatable bonds is 12. The number of unbranched alkanes of at least 4 members (excludes halogenated alkanes) is 4. The van der Waals surface area contributed by atoms with Crippen molar-refractivity contribution in [2.45, 2.75) is 70.5 Å². The molecule has 5 heteroatoms.